The molecule has 0 amide bonds. The van der Waals surface area contributed by atoms with E-state index in [-0.39, 0.29) is 30.0 Å². The number of H-pyrrole nitrogens is 1. The number of aromatic amines is 1. The van der Waals surface area contributed by atoms with Crippen molar-refractivity contribution >= 4 is 40.8 Å². The van der Waals surface area contributed by atoms with Crippen molar-refractivity contribution in [3.05, 3.63) is 46.7 Å². The number of ether oxygens (including phenoxy) is 1. The number of fused-ring (bicyclic) bond motifs is 2. The van der Waals surface area contributed by atoms with E-state index in [1.165, 1.54) is 27.7 Å². The zero-order chi connectivity index (χ0) is 20.4. The molecule has 0 bridgehead atoms. The molecule has 1 aliphatic heterocycles. The quantitative estimate of drug-likeness (QED) is 0.272. The number of aryl methyl sites for hydroxylation is 3. The lowest BCUT2D eigenvalue weighted by atomic mass is 10.1. The highest BCUT2D eigenvalue weighted by molar-refractivity contribution is 14.0. The molecule has 0 saturated heterocycles. The maximum atomic E-state index is 5.14. The Hall–Kier alpha value is -2.14. The number of aliphatic imine (C=N–C) groups is 1. The smallest absolute Gasteiger partial charge is 0.191 e. The van der Waals surface area contributed by atoms with Gasteiger partial charge in [-0.25, -0.2) is 9.67 Å². The van der Waals surface area contributed by atoms with E-state index in [0.29, 0.717) is 6.61 Å². The fraction of sp³-hybridized carbons (Fsp3) is 0.476. The molecule has 1 atom stereocenters. The predicted octanol–water partition coefficient (Wildman–Crippen LogP) is 2.82. The van der Waals surface area contributed by atoms with Crippen molar-refractivity contribution in [1.82, 2.24) is 30.4 Å². The number of rotatable bonds is 5. The van der Waals surface area contributed by atoms with Gasteiger partial charge in [0.05, 0.1) is 6.54 Å². The summed E-state index contributed by atoms with van der Waals surface area (Å²) in [5.41, 5.74) is 4.95. The number of guanidine groups is 1. The second kappa shape index (κ2) is 9.78. The van der Waals surface area contributed by atoms with Crippen LogP contribution in [0.2, 0.25) is 0 Å². The molecule has 1 aliphatic rings. The molecule has 0 fully saturated rings. The second-order valence-corrected chi connectivity index (χ2v) is 7.62. The van der Waals surface area contributed by atoms with Crippen LogP contribution in [0, 0.1) is 13.8 Å². The molecule has 2 aromatic heterocycles. The maximum Gasteiger partial charge on any atom is 0.191 e. The van der Waals surface area contributed by atoms with Crippen LogP contribution in [0.4, 0.5) is 0 Å². The molecule has 9 heteroatoms. The summed E-state index contributed by atoms with van der Waals surface area (Å²) in [5.74, 6) is 2.58. The van der Waals surface area contributed by atoms with E-state index in [0.717, 1.165) is 43.5 Å². The number of halogens is 1. The van der Waals surface area contributed by atoms with Crippen LogP contribution in [-0.2, 0) is 30.9 Å². The maximum absolute atomic E-state index is 5.14. The molecule has 0 saturated carbocycles. The average Bonchev–Trinajstić information content (AvgIpc) is 3.25. The first-order valence-electron chi connectivity index (χ1n) is 10.0. The van der Waals surface area contributed by atoms with E-state index in [9.17, 15) is 0 Å². The van der Waals surface area contributed by atoms with Crippen LogP contribution in [0.25, 0.3) is 10.9 Å². The van der Waals surface area contributed by atoms with Crippen molar-refractivity contribution in [3.8, 4) is 0 Å². The minimum atomic E-state index is 0. The minimum Gasteiger partial charge on any atom is -0.377 e. The summed E-state index contributed by atoms with van der Waals surface area (Å²) in [4.78, 5) is 12.4. The largest absolute Gasteiger partial charge is 0.377 e. The molecule has 4 rings (SSSR count). The number of benzene rings is 1. The third kappa shape index (κ3) is 4.77. The molecule has 8 nitrogen and oxygen atoms in total. The molecule has 0 radical (unpaired) electrons. The van der Waals surface area contributed by atoms with Crippen molar-refractivity contribution in [2.75, 3.05) is 14.2 Å². The Morgan fingerprint density at radius 3 is 2.97 bits per heavy atom. The standard InChI is InChI=1S/C21H29N7O.HI/c1-13-14(2)24-18-7-5-15(9-17(13)18)10-23-21(22-3)25-16-6-8-20-26-19(12-29-4)27-28(20)11-16;/h5,7,9,16,24H,6,8,10-12H2,1-4H3,(H2,22,23,25);1H. The van der Waals surface area contributed by atoms with Crippen molar-refractivity contribution in [2.24, 2.45) is 4.99 Å². The fourth-order valence-electron chi connectivity index (χ4n) is 3.86. The SMILES string of the molecule is CN=C(NCc1ccc2[nH]c(C)c(C)c2c1)NC1CCc2nc(COC)nn2C1.I. The van der Waals surface area contributed by atoms with Crippen LogP contribution >= 0.6 is 24.0 Å². The molecule has 3 N–H and O–H groups in total. The van der Waals surface area contributed by atoms with Crippen LogP contribution < -0.4 is 10.6 Å². The number of aromatic nitrogens is 4. The van der Waals surface area contributed by atoms with E-state index in [4.69, 9.17) is 4.74 Å². The summed E-state index contributed by atoms with van der Waals surface area (Å²) < 4.78 is 7.12. The molecule has 1 aromatic carbocycles. The highest BCUT2D eigenvalue weighted by atomic mass is 127. The van der Waals surface area contributed by atoms with E-state index < -0.39 is 0 Å². The Labute approximate surface area is 193 Å². The highest BCUT2D eigenvalue weighted by Crippen LogP contribution is 2.22. The van der Waals surface area contributed by atoms with Gasteiger partial charge in [-0.15, -0.1) is 24.0 Å². The zero-order valence-corrected chi connectivity index (χ0v) is 20.3. The van der Waals surface area contributed by atoms with E-state index in [1.807, 2.05) is 4.68 Å². The summed E-state index contributed by atoms with van der Waals surface area (Å²) in [7, 11) is 3.47. The van der Waals surface area contributed by atoms with Gasteiger partial charge in [-0.05, 0) is 43.5 Å². The first kappa shape index (κ1) is 22.5. The van der Waals surface area contributed by atoms with Gasteiger partial charge in [-0.1, -0.05) is 6.07 Å². The van der Waals surface area contributed by atoms with Crippen molar-refractivity contribution in [3.63, 3.8) is 0 Å². The van der Waals surface area contributed by atoms with Gasteiger partial charge < -0.3 is 20.4 Å². The molecule has 1 unspecified atom stereocenters. The monoisotopic (exact) mass is 523 g/mol. The molecule has 162 valence electrons. The Balaban J connectivity index is 0.00000256. The van der Waals surface area contributed by atoms with Crippen molar-refractivity contribution < 1.29 is 4.74 Å². The Morgan fingerprint density at radius 1 is 1.37 bits per heavy atom. The highest BCUT2D eigenvalue weighted by Gasteiger charge is 2.22. The third-order valence-electron chi connectivity index (χ3n) is 5.57. The number of nitrogens with one attached hydrogen (secondary N) is 3. The summed E-state index contributed by atoms with van der Waals surface area (Å²) in [6.07, 6.45) is 1.90. The Bertz CT molecular complexity index is 1040. The van der Waals surface area contributed by atoms with Gasteiger partial charge in [-0.2, -0.15) is 5.10 Å². The first-order chi connectivity index (χ1) is 14.1. The number of hydrogen-bond donors (Lipinski definition) is 3. The normalized spacial score (nSPS) is 16.3. The van der Waals surface area contributed by atoms with E-state index >= 15 is 0 Å². The van der Waals surface area contributed by atoms with Gasteiger partial charge >= 0.3 is 0 Å². The molecule has 3 aromatic rings. The lowest BCUT2D eigenvalue weighted by molar-refractivity contribution is 0.177. The average molecular weight is 523 g/mol. The van der Waals surface area contributed by atoms with Gasteiger partial charge in [0.25, 0.3) is 0 Å². The summed E-state index contributed by atoms with van der Waals surface area (Å²) in [5, 5.41) is 12.8. The molecular formula is C21H30IN7O. The van der Waals surface area contributed by atoms with Crippen LogP contribution in [-0.4, -0.2) is 45.9 Å². The number of hydrogen-bond acceptors (Lipinski definition) is 4. The number of methoxy groups -OCH3 is 1. The lowest BCUT2D eigenvalue weighted by Gasteiger charge is -2.25. The molecule has 0 spiro atoms. The zero-order valence-electron chi connectivity index (χ0n) is 18.0. The van der Waals surface area contributed by atoms with Gasteiger partial charge in [0.1, 0.15) is 12.4 Å². The lowest BCUT2D eigenvalue weighted by Crippen LogP contribution is -2.46. The topological polar surface area (TPSA) is 92.2 Å². The van der Waals surface area contributed by atoms with Crippen molar-refractivity contribution in [1.29, 1.82) is 0 Å². The first-order valence-corrected chi connectivity index (χ1v) is 10.0. The van der Waals surface area contributed by atoms with Crippen LogP contribution in [0.3, 0.4) is 0 Å². The van der Waals surface area contributed by atoms with Gasteiger partial charge in [0.15, 0.2) is 11.8 Å². The van der Waals surface area contributed by atoms with E-state index in [1.54, 1.807) is 14.2 Å². The molecular weight excluding hydrogens is 493 g/mol. The van der Waals surface area contributed by atoms with Crippen molar-refractivity contribution in [2.45, 2.75) is 52.4 Å². The van der Waals surface area contributed by atoms with Crippen LogP contribution in [0.1, 0.15) is 34.9 Å². The van der Waals surface area contributed by atoms with Crippen LogP contribution in [0.15, 0.2) is 23.2 Å². The van der Waals surface area contributed by atoms with Crippen LogP contribution in [0.5, 0.6) is 0 Å². The minimum absolute atomic E-state index is 0. The van der Waals surface area contributed by atoms with Gasteiger partial charge in [0, 0.05) is 49.8 Å². The molecule has 0 aliphatic carbocycles. The summed E-state index contributed by atoms with van der Waals surface area (Å²) >= 11 is 0. The van der Waals surface area contributed by atoms with Gasteiger partial charge in [0.2, 0.25) is 0 Å². The second-order valence-electron chi connectivity index (χ2n) is 7.62. The fourth-order valence-corrected chi connectivity index (χ4v) is 3.86. The predicted molar refractivity (Wildman–Crippen MR) is 129 cm³/mol. The molecule has 30 heavy (non-hydrogen) atoms. The Kier molecular flexibility index (Phi) is 7.35. The van der Waals surface area contributed by atoms with Gasteiger partial charge in [-0.3, -0.25) is 4.99 Å². The third-order valence-corrected chi connectivity index (χ3v) is 5.57. The van der Waals surface area contributed by atoms with E-state index in [2.05, 4.69) is 62.7 Å². The summed E-state index contributed by atoms with van der Waals surface area (Å²) in [6.45, 7) is 6.22. The Morgan fingerprint density at radius 2 is 2.20 bits per heavy atom. The number of nitrogens with zero attached hydrogens (tertiary/aromatic N) is 4. The molecule has 3 heterocycles. The summed E-state index contributed by atoms with van der Waals surface area (Å²) in [6, 6.07) is 6.81.